The number of fused-ring (bicyclic) bond motifs is 3. The minimum atomic E-state index is -1.61. The molecular formula is C22H22ClN3O6. The monoisotopic (exact) mass is 459 g/mol. The van der Waals surface area contributed by atoms with Gasteiger partial charge in [-0.25, -0.2) is 4.79 Å². The minimum absolute atomic E-state index is 0.0154. The van der Waals surface area contributed by atoms with Crippen LogP contribution in [0.25, 0.3) is 21.8 Å². The van der Waals surface area contributed by atoms with Crippen molar-refractivity contribution in [3.63, 3.8) is 0 Å². The van der Waals surface area contributed by atoms with E-state index in [0.717, 1.165) is 0 Å². The first-order valence-electron chi connectivity index (χ1n) is 10.5. The number of esters is 1. The Hall–Kier alpha value is -2.91. The Kier molecular flexibility index (Phi) is 4.62. The molecule has 0 aliphatic heterocycles. The SMILES string of the molecule is Cc1onc2c1c(=O)n(C1CCCC(OC(=O)C3(O)CC3)(C(N)=O)C1)c1cccc(Cl)c21. The van der Waals surface area contributed by atoms with Crippen LogP contribution in [0.1, 0.15) is 50.3 Å². The van der Waals surface area contributed by atoms with Crippen LogP contribution in [0.2, 0.25) is 5.02 Å². The summed E-state index contributed by atoms with van der Waals surface area (Å²) in [4.78, 5) is 38.5. The molecule has 2 aliphatic carbocycles. The highest BCUT2D eigenvalue weighted by Gasteiger charge is 2.55. The molecule has 0 saturated heterocycles. The van der Waals surface area contributed by atoms with E-state index in [9.17, 15) is 19.5 Å². The number of ether oxygens (including phenoxy) is 1. The Morgan fingerprint density at radius 2 is 2.06 bits per heavy atom. The summed E-state index contributed by atoms with van der Waals surface area (Å²) in [6.45, 7) is 1.65. The lowest BCUT2D eigenvalue weighted by atomic mass is 9.80. The second-order valence-electron chi connectivity index (χ2n) is 8.80. The van der Waals surface area contributed by atoms with Crippen molar-refractivity contribution in [3.8, 4) is 0 Å². The molecule has 3 aromatic rings. The second-order valence-corrected chi connectivity index (χ2v) is 9.21. The van der Waals surface area contributed by atoms with E-state index in [2.05, 4.69) is 5.16 Å². The third kappa shape index (κ3) is 3.02. The third-order valence-electron chi connectivity index (χ3n) is 6.67. The molecule has 3 N–H and O–H groups in total. The molecule has 0 spiro atoms. The minimum Gasteiger partial charge on any atom is -0.447 e. The predicted molar refractivity (Wildman–Crippen MR) is 115 cm³/mol. The van der Waals surface area contributed by atoms with E-state index in [-0.39, 0.29) is 31.2 Å². The number of amides is 1. The molecule has 168 valence electrons. The molecule has 2 aliphatic rings. The third-order valence-corrected chi connectivity index (χ3v) is 6.99. The fraction of sp³-hybridized carbons (Fsp3) is 0.455. The van der Waals surface area contributed by atoms with E-state index >= 15 is 0 Å². The number of carbonyl (C=O) groups excluding carboxylic acids is 2. The largest absolute Gasteiger partial charge is 0.447 e. The van der Waals surface area contributed by atoms with Crippen LogP contribution in [0, 0.1) is 6.92 Å². The molecule has 0 bridgehead atoms. The van der Waals surface area contributed by atoms with Crippen LogP contribution in [0.15, 0.2) is 27.5 Å². The Bertz CT molecular complexity index is 1340. The van der Waals surface area contributed by atoms with E-state index < -0.39 is 29.1 Å². The maximum Gasteiger partial charge on any atom is 0.339 e. The van der Waals surface area contributed by atoms with Crippen LogP contribution in [-0.2, 0) is 14.3 Å². The molecule has 2 fully saturated rings. The van der Waals surface area contributed by atoms with Gasteiger partial charge in [-0.05, 0) is 51.2 Å². The van der Waals surface area contributed by atoms with Crippen LogP contribution >= 0.6 is 11.6 Å². The molecule has 0 radical (unpaired) electrons. The van der Waals surface area contributed by atoms with E-state index in [1.165, 1.54) is 0 Å². The smallest absolute Gasteiger partial charge is 0.339 e. The highest BCUT2D eigenvalue weighted by atomic mass is 35.5. The van der Waals surface area contributed by atoms with Gasteiger partial charge >= 0.3 is 5.97 Å². The normalized spacial score (nSPS) is 24.5. The number of benzene rings is 1. The summed E-state index contributed by atoms with van der Waals surface area (Å²) < 4.78 is 12.4. The molecule has 32 heavy (non-hydrogen) atoms. The van der Waals surface area contributed by atoms with Gasteiger partial charge < -0.3 is 24.7 Å². The summed E-state index contributed by atoms with van der Waals surface area (Å²) in [6.07, 6.45) is 1.87. The number of carbonyl (C=O) groups is 2. The lowest BCUT2D eigenvalue weighted by molar-refractivity contribution is -0.182. The van der Waals surface area contributed by atoms with Gasteiger partial charge in [0.25, 0.3) is 11.5 Å². The molecule has 2 saturated carbocycles. The van der Waals surface area contributed by atoms with Gasteiger partial charge in [0.15, 0.2) is 11.2 Å². The zero-order valence-electron chi connectivity index (χ0n) is 17.4. The highest BCUT2D eigenvalue weighted by Crippen LogP contribution is 2.43. The summed E-state index contributed by atoms with van der Waals surface area (Å²) in [5.74, 6) is -1.28. The van der Waals surface area contributed by atoms with Gasteiger partial charge in [-0.2, -0.15) is 0 Å². The molecule has 2 heterocycles. The standard InChI is InChI=1S/C22H22ClN3O6/c1-11-15-17(25-32-11)16-13(23)5-2-6-14(16)26(18(15)27)12-4-3-7-22(10-12,19(24)28)31-20(29)21(30)8-9-21/h2,5-6,12,30H,3-4,7-10H2,1H3,(H2,24,28). The first-order chi connectivity index (χ1) is 15.2. The fourth-order valence-corrected chi connectivity index (χ4v) is 4.98. The van der Waals surface area contributed by atoms with Gasteiger partial charge in [0.2, 0.25) is 0 Å². The highest BCUT2D eigenvalue weighted by molar-refractivity contribution is 6.37. The Labute approximate surface area is 187 Å². The number of aliphatic hydroxyl groups is 1. The van der Waals surface area contributed by atoms with Crippen molar-refractivity contribution < 1.29 is 24.0 Å². The quantitative estimate of drug-likeness (QED) is 0.571. The van der Waals surface area contributed by atoms with Crippen LogP contribution in [0.3, 0.4) is 0 Å². The molecule has 2 atom stereocenters. The van der Waals surface area contributed by atoms with Gasteiger partial charge in [0.05, 0.1) is 10.5 Å². The second kappa shape index (κ2) is 7.05. The summed E-state index contributed by atoms with van der Waals surface area (Å²) in [5.41, 5.74) is 3.13. The predicted octanol–water partition coefficient (Wildman–Crippen LogP) is 2.51. The van der Waals surface area contributed by atoms with Crippen molar-refractivity contribution in [1.82, 2.24) is 9.72 Å². The molecule has 9 nitrogen and oxygen atoms in total. The molecule has 2 unspecified atom stereocenters. The number of hydrogen-bond donors (Lipinski definition) is 2. The average Bonchev–Trinajstić information content (AvgIpc) is 3.39. The van der Waals surface area contributed by atoms with E-state index in [1.54, 1.807) is 29.7 Å². The topological polar surface area (TPSA) is 138 Å². The van der Waals surface area contributed by atoms with E-state index in [1.807, 2.05) is 0 Å². The molecular weight excluding hydrogens is 438 g/mol. The van der Waals surface area contributed by atoms with Crippen LogP contribution in [0.5, 0.6) is 0 Å². The van der Waals surface area contributed by atoms with Crippen molar-refractivity contribution in [3.05, 3.63) is 39.3 Å². The van der Waals surface area contributed by atoms with Crippen molar-refractivity contribution in [2.75, 3.05) is 0 Å². The van der Waals surface area contributed by atoms with Gasteiger partial charge in [0, 0.05) is 17.8 Å². The van der Waals surface area contributed by atoms with Gasteiger partial charge in [0.1, 0.15) is 16.7 Å². The first kappa shape index (κ1) is 21.0. The number of primary amides is 1. The van der Waals surface area contributed by atoms with Gasteiger partial charge in [-0.1, -0.05) is 22.8 Å². The van der Waals surface area contributed by atoms with Crippen LogP contribution in [-0.4, -0.2) is 37.9 Å². The number of aromatic nitrogens is 2. The number of rotatable bonds is 4. The molecule has 5 rings (SSSR count). The molecule has 2 aromatic heterocycles. The number of nitrogens with zero attached hydrogens (tertiary/aromatic N) is 2. The van der Waals surface area contributed by atoms with E-state index in [4.69, 9.17) is 26.6 Å². The Balaban J connectivity index is 1.66. The number of nitrogens with two attached hydrogens (primary N) is 1. The average molecular weight is 460 g/mol. The number of pyridine rings is 1. The van der Waals surface area contributed by atoms with Gasteiger partial charge in [-0.15, -0.1) is 0 Å². The molecule has 1 aromatic carbocycles. The zero-order valence-corrected chi connectivity index (χ0v) is 18.1. The lowest BCUT2D eigenvalue weighted by Gasteiger charge is -2.39. The maximum absolute atomic E-state index is 13.6. The van der Waals surface area contributed by atoms with Crippen molar-refractivity contribution >= 4 is 45.3 Å². The Morgan fingerprint density at radius 3 is 2.75 bits per heavy atom. The fourth-order valence-electron chi connectivity index (χ4n) is 4.73. The van der Waals surface area contributed by atoms with Crippen molar-refractivity contribution in [2.24, 2.45) is 5.73 Å². The van der Waals surface area contributed by atoms with Crippen LogP contribution in [0.4, 0.5) is 0 Å². The van der Waals surface area contributed by atoms with Crippen molar-refractivity contribution in [2.45, 2.75) is 62.7 Å². The van der Waals surface area contributed by atoms with Gasteiger partial charge in [-0.3, -0.25) is 9.59 Å². The maximum atomic E-state index is 13.6. The van der Waals surface area contributed by atoms with E-state index in [0.29, 0.717) is 45.4 Å². The summed E-state index contributed by atoms with van der Waals surface area (Å²) in [6, 6.07) is 4.69. The zero-order chi connectivity index (χ0) is 22.8. The molecule has 10 heteroatoms. The van der Waals surface area contributed by atoms with Crippen LogP contribution < -0.4 is 11.3 Å². The Morgan fingerprint density at radius 1 is 1.31 bits per heavy atom. The first-order valence-corrected chi connectivity index (χ1v) is 10.9. The van der Waals surface area contributed by atoms with Crippen molar-refractivity contribution in [1.29, 1.82) is 0 Å². The summed E-state index contributed by atoms with van der Waals surface area (Å²) in [5, 5.41) is 15.5. The lowest BCUT2D eigenvalue weighted by Crippen LogP contribution is -2.53. The summed E-state index contributed by atoms with van der Waals surface area (Å²) >= 11 is 6.47. The number of aryl methyl sites for hydroxylation is 1. The number of hydrogen-bond acceptors (Lipinski definition) is 7. The molecule has 1 amide bonds. The summed E-state index contributed by atoms with van der Waals surface area (Å²) in [7, 11) is 0. The number of halogens is 1.